The largest absolute Gasteiger partial charge is 0.324 e. The van der Waals surface area contributed by atoms with Crippen LogP contribution in [0.25, 0.3) is 0 Å². The molecule has 1 heterocycles. The molecule has 1 saturated heterocycles. The summed E-state index contributed by atoms with van der Waals surface area (Å²) in [5.74, 6) is 0.687. The number of rotatable bonds is 5. The summed E-state index contributed by atoms with van der Waals surface area (Å²) >= 11 is 5.95. The number of benzene rings is 1. The zero-order chi connectivity index (χ0) is 16.8. The summed E-state index contributed by atoms with van der Waals surface area (Å²) in [6, 6.07) is 5.04. The molecule has 1 aromatic rings. The van der Waals surface area contributed by atoms with Gasteiger partial charge in [0.2, 0.25) is 11.8 Å². The molecule has 0 spiro atoms. The third-order valence-electron chi connectivity index (χ3n) is 4.26. The van der Waals surface area contributed by atoms with Gasteiger partial charge in [-0.2, -0.15) is 0 Å². The highest BCUT2D eigenvalue weighted by Crippen LogP contribution is 2.28. The topological polar surface area (TPSA) is 70.2 Å². The number of hydrogen-bond donors (Lipinski definition) is 3. The minimum atomic E-state index is -0.203. The molecule has 0 aliphatic carbocycles. The molecule has 1 unspecified atom stereocenters. The van der Waals surface area contributed by atoms with Crippen molar-refractivity contribution in [2.45, 2.75) is 33.1 Å². The van der Waals surface area contributed by atoms with Gasteiger partial charge in [-0.25, -0.2) is 0 Å². The van der Waals surface area contributed by atoms with Gasteiger partial charge in [-0.15, -0.1) is 0 Å². The van der Waals surface area contributed by atoms with Gasteiger partial charge in [0.25, 0.3) is 0 Å². The summed E-state index contributed by atoms with van der Waals surface area (Å²) in [5.41, 5.74) is 1.10. The number of carbonyl (C=O) groups excluding carboxylic acids is 2. The second-order valence-electron chi connectivity index (χ2n) is 6.19. The highest BCUT2D eigenvalue weighted by Gasteiger charge is 2.22. The SMILES string of the molecule is CC(=O)Nc1cc(Cl)ccc1NC(=O)CC(C)C1CCNCC1. The number of nitrogens with one attached hydrogen (secondary N) is 3. The summed E-state index contributed by atoms with van der Waals surface area (Å²) in [5, 5.41) is 9.42. The van der Waals surface area contributed by atoms with Crippen molar-refractivity contribution in [3.63, 3.8) is 0 Å². The molecule has 2 amide bonds. The maximum absolute atomic E-state index is 12.3. The van der Waals surface area contributed by atoms with Crippen LogP contribution >= 0.6 is 11.6 Å². The lowest BCUT2D eigenvalue weighted by atomic mass is 9.84. The third-order valence-corrected chi connectivity index (χ3v) is 4.50. The first-order valence-corrected chi connectivity index (χ1v) is 8.41. The van der Waals surface area contributed by atoms with Crippen molar-refractivity contribution in [2.24, 2.45) is 11.8 Å². The molecule has 1 fully saturated rings. The Labute approximate surface area is 142 Å². The van der Waals surface area contributed by atoms with Crippen LogP contribution in [0, 0.1) is 11.8 Å². The summed E-state index contributed by atoms with van der Waals surface area (Å²) < 4.78 is 0. The molecule has 1 aliphatic heterocycles. The van der Waals surface area contributed by atoms with Gasteiger partial charge >= 0.3 is 0 Å². The van der Waals surface area contributed by atoms with Gasteiger partial charge in [0, 0.05) is 18.4 Å². The van der Waals surface area contributed by atoms with Crippen molar-refractivity contribution >= 4 is 34.8 Å². The monoisotopic (exact) mass is 337 g/mol. The average molecular weight is 338 g/mol. The molecule has 2 rings (SSSR count). The molecule has 1 aromatic carbocycles. The van der Waals surface area contributed by atoms with Crippen LogP contribution in [0.1, 0.15) is 33.1 Å². The number of hydrogen-bond acceptors (Lipinski definition) is 3. The van der Waals surface area contributed by atoms with E-state index in [1.54, 1.807) is 18.2 Å². The van der Waals surface area contributed by atoms with Crippen LogP contribution in [0.15, 0.2) is 18.2 Å². The molecule has 126 valence electrons. The van der Waals surface area contributed by atoms with E-state index in [1.807, 2.05) is 0 Å². The second kappa shape index (κ2) is 8.31. The summed E-state index contributed by atoms with van der Waals surface area (Å²) in [6.45, 7) is 5.61. The third kappa shape index (κ3) is 5.52. The Kier molecular flexibility index (Phi) is 6.42. The van der Waals surface area contributed by atoms with Gasteiger partial charge in [0.15, 0.2) is 0 Å². The van der Waals surface area contributed by atoms with Crippen molar-refractivity contribution in [1.82, 2.24) is 5.32 Å². The average Bonchev–Trinajstić information content (AvgIpc) is 2.50. The number of halogens is 1. The van der Waals surface area contributed by atoms with E-state index in [0.29, 0.717) is 34.7 Å². The summed E-state index contributed by atoms with van der Waals surface area (Å²) in [4.78, 5) is 23.6. The van der Waals surface area contributed by atoms with Gasteiger partial charge < -0.3 is 16.0 Å². The minimum absolute atomic E-state index is 0.0371. The van der Waals surface area contributed by atoms with Crippen molar-refractivity contribution in [1.29, 1.82) is 0 Å². The summed E-state index contributed by atoms with van der Waals surface area (Å²) in [7, 11) is 0. The van der Waals surface area contributed by atoms with Gasteiger partial charge in [0.05, 0.1) is 11.4 Å². The quantitative estimate of drug-likeness (QED) is 0.772. The molecule has 0 saturated carbocycles. The van der Waals surface area contributed by atoms with Crippen LogP contribution in [0.2, 0.25) is 5.02 Å². The number of piperidine rings is 1. The Bertz CT molecular complexity index is 571. The highest BCUT2D eigenvalue weighted by atomic mass is 35.5. The lowest BCUT2D eigenvalue weighted by molar-refractivity contribution is -0.117. The van der Waals surface area contributed by atoms with E-state index in [4.69, 9.17) is 11.6 Å². The zero-order valence-corrected chi connectivity index (χ0v) is 14.4. The Balaban J connectivity index is 1.97. The molecule has 23 heavy (non-hydrogen) atoms. The first-order valence-electron chi connectivity index (χ1n) is 8.03. The Morgan fingerprint density at radius 2 is 1.96 bits per heavy atom. The molecule has 5 nitrogen and oxygen atoms in total. The predicted molar refractivity (Wildman–Crippen MR) is 93.8 cm³/mol. The highest BCUT2D eigenvalue weighted by molar-refractivity contribution is 6.31. The van der Waals surface area contributed by atoms with Gasteiger partial charge in [-0.1, -0.05) is 18.5 Å². The van der Waals surface area contributed by atoms with E-state index in [9.17, 15) is 9.59 Å². The van der Waals surface area contributed by atoms with E-state index in [0.717, 1.165) is 25.9 Å². The molecule has 3 N–H and O–H groups in total. The maximum atomic E-state index is 12.3. The van der Waals surface area contributed by atoms with E-state index >= 15 is 0 Å². The molecule has 1 aliphatic rings. The molecule has 0 bridgehead atoms. The lowest BCUT2D eigenvalue weighted by Gasteiger charge is -2.28. The van der Waals surface area contributed by atoms with Gasteiger partial charge in [0.1, 0.15) is 0 Å². The maximum Gasteiger partial charge on any atom is 0.224 e. The normalized spacial score (nSPS) is 16.7. The van der Waals surface area contributed by atoms with Crippen LogP contribution < -0.4 is 16.0 Å². The predicted octanol–water partition coefficient (Wildman–Crippen LogP) is 3.26. The zero-order valence-electron chi connectivity index (χ0n) is 13.6. The molecule has 0 radical (unpaired) electrons. The van der Waals surface area contributed by atoms with Crippen LogP contribution in [0.3, 0.4) is 0 Å². The van der Waals surface area contributed by atoms with Crippen LogP contribution in [0.5, 0.6) is 0 Å². The first-order chi connectivity index (χ1) is 11.0. The van der Waals surface area contributed by atoms with E-state index in [1.165, 1.54) is 6.92 Å². The van der Waals surface area contributed by atoms with E-state index in [-0.39, 0.29) is 11.8 Å². The second-order valence-corrected chi connectivity index (χ2v) is 6.62. The first kappa shape index (κ1) is 17.8. The van der Waals surface area contributed by atoms with Gasteiger partial charge in [-0.3, -0.25) is 9.59 Å². The fourth-order valence-electron chi connectivity index (χ4n) is 2.99. The Hall–Kier alpha value is -1.59. The van der Waals surface area contributed by atoms with Crippen LogP contribution in [-0.4, -0.2) is 24.9 Å². The van der Waals surface area contributed by atoms with E-state index < -0.39 is 0 Å². The number of anilines is 2. The fourth-order valence-corrected chi connectivity index (χ4v) is 3.16. The molecule has 1 atom stereocenters. The van der Waals surface area contributed by atoms with Crippen LogP contribution in [-0.2, 0) is 9.59 Å². The Morgan fingerprint density at radius 1 is 1.26 bits per heavy atom. The van der Waals surface area contributed by atoms with Crippen molar-refractivity contribution < 1.29 is 9.59 Å². The van der Waals surface area contributed by atoms with Crippen LogP contribution in [0.4, 0.5) is 11.4 Å². The molecule has 0 aromatic heterocycles. The number of amides is 2. The van der Waals surface area contributed by atoms with Crippen molar-refractivity contribution in [3.05, 3.63) is 23.2 Å². The van der Waals surface area contributed by atoms with Crippen molar-refractivity contribution in [3.8, 4) is 0 Å². The Morgan fingerprint density at radius 3 is 2.61 bits per heavy atom. The molecular weight excluding hydrogens is 314 g/mol. The molecular formula is C17H24ClN3O2. The van der Waals surface area contributed by atoms with E-state index in [2.05, 4.69) is 22.9 Å². The smallest absolute Gasteiger partial charge is 0.224 e. The lowest BCUT2D eigenvalue weighted by Crippen LogP contribution is -2.32. The fraction of sp³-hybridized carbons (Fsp3) is 0.529. The standard InChI is InChI=1S/C17H24ClN3O2/c1-11(13-5-7-19-8-6-13)9-17(23)21-15-4-3-14(18)10-16(15)20-12(2)22/h3-4,10-11,13,19H,5-9H2,1-2H3,(H,20,22)(H,21,23). The number of carbonyl (C=O) groups is 2. The minimum Gasteiger partial charge on any atom is -0.324 e. The molecule has 6 heteroatoms. The van der Waals surface area contributed by atoms with Gasteiger partial charge in [-0.05, 0) is 56.0 Å². The van der Waals surface area contributed by atoms with Crippen molar-refractivity contribution in [2.75, 3.05) is 23.7 Å². The summed E-state index contributed by atoms with van der Waals surface area (Å²) in [6.07, 6.45) is 2.71.